The molecular formula is C14H10NO2SU-. The molecule has 3 nitrogen and oxygen atoms in total. The summed E-state index contributed by atoms with van der Waals surface area (Å²) < 4.78 is 14.0. The third-order valence-electron chi connectivity index (χ3n) is 2.99. The summed E-state index contributed by atoms with van der Waals surface area (Å²) >= 11 is 0. The van der Waals surface area contributed by atoms with E-state index >= 15 is 0 Å². The molecule has 1 unspecified atom stereocenters. The van der Waals surface area contributed by atoms with E-state index < -0.39 is 11.0 Å². The first-order valence-corrected chi connectivity index (χ1v) is 6.60. The molecule has 0 fully saturated rings. The second kappa shape index (κ2) is 5.62. The monoisotopic (exact) mass is 494 g/mol. The van der Waals surface area contributed by atoms with Gasteiger partial charge in [-0.1, -0.05) is 23.8 Å². The van der Waals surface area contributed by atoms with Crippen LogP contribution in [0.4, 0.5) is 5.69 Å². The average molecular weight is 494 g/mol. The van der Waals surface area contributed by atoms with Gasteiger partial charge in [-0.3, -0.25) is 4.31 Å². The molecule has 0 aliphatic carbocycles. The van der Waals surface area contributed by atoms with Crippen LogP contribution in [-0.4, -0.2) is 17.0 Å². The fraction of sp³-hybridized carbons (Fsp3) is 0.0714. The van der Waals surface area contributed by atoms with Crippen LogP contribution in [-0.2, 0) is 11.0 Å². The summed E-state index contributed by atoms with van der Waals surface area (Å²) in [5, 5.41) is 0. The molecule has 94 valence electrons. The third kappa shape index (κ3) is 2.31. The number of nitrogens with zero attached hydrogens (tertiary/aromatic N) is 1. The molecule has 0 bridgehead atoms. The number of ketones is 1. The Bertz CT molecular complexity index is 672. The van der Waals surface area contributed by atoms with Gasteiger partial charge in [0.15, 0.2) is 0 Å². The second-order valence-electron chi connectivity index (χ2n) is 4.02. The summed E-state index contributed by atoms with van der Waals surface area (Å²) in [4.78, 5) is 13.0. The Labute approximate surface area is 138 Å². The molecule has 2 aromatic carbocycles. The maximum Gasteiger partial charge on any atom is 0.142 e. The summed E-state index contributed by atoms with van der Waals surface area (Å²) in [6.07, 6.45) is 0. The smallest absolute Gasteiger partial charge is 0.142 e. The van der Waals surface area contributed by atoms with Crippen molar-refractivity contribution in [1.82, 2.24) is 0 Å². The topological polar surface area (TPSA) is 37.4 Å². The van der Waals surface area contributed by atoms with Crippen LogP contribution in [0.25, 0.3) is 0 Å². The van der Waals surface area contributed by atoms with Crippen molar-refractivity contribution in [2.45, 2.75) is 4.90 Å². The van der Waals surface area contributed by atoms with Gasteiger partial charge in [0.2, 0.25) is 0 Å². The molecule has 2 aromatic rings. The molecule has 1 heterocycles. The number of fused-ring (bicyclic) bond motifs is 2. The molecule has 0 radical (unpaired) electrons. The van der Waals surface area contributed by atoms with Gasteiger partial charge >= 0.3 is 0 Å². The second-order valence-corrected chi connectivity index (χ2v) is 5.50. The summed E-state index contributed by atoms with van der Waals surface area (Å²) in [6.45, 7) is 0. The van der Waals surface area contributed by atoms with Gasteiger partial charge in [0.05, 0.1) is 5.69 Å². The largest absolute Gasteiger partial charge is 0.303 e. The van der Waals surface area contributed by atoms with Crippen LogP contribution in [0, 0.1) is 37.2 Å². The van der Waals surface area contributed by atoms with E-state index in [1.807, 2.05) is 12.1 Å². The number of para-hydroxylation sites is 1. The Morgan fingerprint density at radius 2 is 1.89 bits per heavy atom. The Morgan fingerprint density at radius 1 is 1.16 bits per heavy atom. The van der Waals surface area contributed by atoms with E-state index in [0.717, 1.165) is 0 Å². The van der Waals surface area contributed by atoms with Gasteiger partial charge in [-0.25, -0.2) is 4.21 Å². The molecule has 5 heteroatoms. The molecule has 1 atom stereocenters. The molecule has 1 aliphatic rings. The van der Waals surface area contributed by atoms with Gasteiger partial charge in [0.1, 0.15) is 16.8 Å². The van der Waals surface area contributed by atoms with Crippen molar-refractivity contribution in [3.63, 3.8) is 0 Å². The normalized spacial score (nSPS) is 17.0. The Balaban J connectivity index is 0.00000133. The number of rotatable bonds is 0. The van der Waals surface area contributed by atoms with E-state index in [9.17, 15) is 9.00 Å². The number of carbonyl (C=O) groups excluding carboxylic acids is 1. The molecule has 0 aromatic heterocycles. The maximum absolute atomic E-state index is 12.4. The van der Waals surface area contributed by atoms with Crippen molar-refractivity contribution in [3.05, 3.63) is 59.7 Å². The number of hydrogen-bond donors (Lipinski definition) is 0. The van der Waals surface area contributed by atoms with Crippen LogP contribution in [0.2, 0.25) is 0 Å². The molecule has 0 N–H and O–H groups in total. The van der Waals surface area contributed by atoms with Crippen LogP contribution in [0.5, 0.6) is 0 Å². The molecule has 0 spiro atoms. The van der Waals surface area contributed by atoms with Gasteiger partial charge in [0.25, 0.3) is 0 Å². The zero-order valence-corrected chi connectivity index (χ0v) is 15.2. The molecule has 0 saturated carbocycles. The van der Waals surface area contributed by atoms with Crippen molar-refractivity contribution in [2.75, 3.05) is 11.4 Å². The van der Waals surface area contributed by atoms with Gasteiger partial charge in [0, 0.05) is 43.7 Å². The van der Waals surface area contributed by atoms with E-state index in [1.54, 1.807) is 41.7 Å². The predicted octanol–water partition coefficient (Wildman–Crippen LogP) is 2.19. The standard InChI is InChI=1S/C14H10NO2S.U/c1-15-12-8-4-2-6-10(12)14(16)11-7-3-5-9-13(11)18(15)17;/h2,4-9H,1H3;/q-1;. The number of benzene rings is 2. The summed E-state index contributed by atoms with van der Waals surface area (Å²) in [6, 6.07) is 15.0. The fourth-order valence-corrected chi connectivity index (χ4v) is 3.23. The molecule has 1 aliphatic heterocycles. The van der Waals surface area contributed by atoms with Gasteiger partial charge < -0.3 is 4.79 Å². The molecule has 0 amide bonds. The fourth-order valence-electron chi connectivity index (χ4n) is 2.07. The predicted molar refractivity (Wildman–Crippen MR) is 70.0 cm³/mol. The minimum Gasteiger partial charge on any atom is -0.303 e. The minimum absolute atomic E-state index is 0. The van der Waals surface area contributed by atoms with Gasteiger partial charge in [-0.05, 0) is 11.0 Å². The van der Waals surface area contributed by atoms with E-state index in [1.165, 1.54) is 0 Å². The first-order chi connectivity index (χ1) is 8.70. The zero-order chi connectivity index (χ0) is 12.7. The van der Waals surface area contributed by atoms with Crippen LogP contribution in [0.1, 0.15) is 15.9 Å². The van der Waals surface area contributed by atoms with E-state index in [0.29, 0.717) is 21.7 Å². The molecule has 3 rings (SSSR count). The van der Waals surface area contributed by atoms with Crippen molar-refractivity contribution in [1.29, 1.82) is 0 Å². The Hall–Kier alpha value is -0.888. The Kier molecular flexibility index (Phi) is 4.30. The van der Waals surface area contributed by atoms with Crippen LogP contribution in [0.3, 0.4) is 0 Å². The number of anilines is 1. The Morgan fingerprint density at radius 3 is 2.68 bits per heavy atom. The first kappa shape index (κ1) is 14.5. The van der Waals surface area contributed by atoms with E-state index in [-0.39, 0.29) is 36.9 Å². The SMILES string of the molecule is CN1c2ccccc2C(=O)c2c[c-]ccc2S1=O.[U]. The van der Waals surface area contributed by atoms with Crippen molar-refractivity contribution < 1.29 is 40.1 Å². The molecular weight excluding hydrogens is 484 g/mol. The summed E-state index contributed by atoms with van der Waals surface area (Å²) in [5.74, 6) is -0.102. The first-order valence-electron chi connectivity index (χ1n) is 5.49. The minimum atomic E-state index is -1.37. The van der Waals surface area contributed by atoms with Crippen molar-refractivity contribution in [3.8, 4) is 0 Å². The third-order valence-corrected chi connectivity index (χ3v) is 4.42. The van der Waals surface area contributed by atoms with Gasteiger partial charge in [-0.2, -0.15) is 24.3 Å². The van der Waals surface area contributed by atoms with Crippen LogP contribution in [0.15, 0.2) is 47.4 Å². The van der Waals surface area contributed by atoms with Crippen molar-refractivity contribution in [2.24, 2.45) is 0 Å². The number of hydrogen-bond acceptors (Lipinski definition) is 2. The zero-order valence-electron chi connectivity index (χ0n) is 10.2. The molecule has 0 saturated heterocycles. The molecule has 19 heavy (non-hydrogen) atoms. The van der Waals surface area contributed by atoms with Crippen LogP contribution < -0.4 is 4.31 Å². The van der Waals surface area contributed by atoms with Gasteiger partial charge in [-0.15, -0.1) is 0 Å². The van der Waals surface area contributed by atoms with E-state index in [2.05, 4.69) is 6.07 Å². The van der Waals surface area contributed by atoms with E-state index in [4.69, 9.17) is 0 Å². The van der Waals surface area contributed by atoms with Crippen molar-refractivity contribution >= 4 is 22.5 Å². The quantitative estimate of drug-likeness (QED) is 0.527. The summed E-state index contributed by atoms with van der Waals surface area (Å²) in [5.41, 5.74) is 1.73. The summed E-state index contributed by atoms with van der Waals surface area (Å²) in [7, 11) is 0.363. The maximum atomic E-state index is 12.4. The van der Waals surface area contributed by atoms with Crippen LogP contribution >= 0.6 is 0 Å². The average Bonchev–Trinajstić information content (AvgIpc) is 2.51. The number of carbonyl (C=O) groups is 1.